The van der Waals surface area contributed by atoms with E-state index in [0.29, 0.717) is 17.8 Å². The van der Waals surface area contributed by atoms with Crippen molar-refractivity contribution in [1.29, 1.82) is 0 Å². The van der Waals surface area contributed by atoms with Gasteiger partial charge in [-0.25, -0.2) is 0 Å². The first kappa shape index (κ1) is 27.6. The number of benzene rings is 3. The first-order valence-corrected chi connectivity index (χ1v) is 16.7. The third-order valence-electron chi connectivity index (χ3n) is 11.4. The predicted molar refractivity (Wildman–Crippen MR) is 179 cm³/mol. The highest BCUT2D eigenvalue weighted by atomic mass is 15.1. The number of pyridine rings is 1. The molecule has 1 atom stereocenters. The predicted octanol–water partition coefficient (Wildman–Crippen LogP) is 10.9. The van der Waals surface area contributed by atoms with Crippen LogP contribution in [-0.2, 0) is 11.0 Å². The minimum atomic E-state index is -0.198. The zero-order valence-electron chi connectivity index (χ0n) is 27.1. The van der Waals surface area contributed by atoms with Gasteiger partial charge in [0.1, 0.15) is 0 Å². The Morgan fingerprint density at radius 3 is 2.21 bits per heavy atom. The molecule has 0 fully saturated rings. The maximum Gasteiger partial charge on any atom is 0.222 e. The summed E-state index contributed by atoms with van der Waals surface area (Å²) in [5, 5.41) is 5.66. The fourth-order valence-corrected chi connectivity index (χ4v) is 9.03. The second kappa shape index (κ2) is 9.66. The second-order valence-corrected chi connectivity index (χ2v) is 14.2. The topological polar surface area (TPSA) is 3.88 Å². The van der Waals surface area contributed by atoms with Crippen LogP contribution in [0.1, 0.15) is 116 Å². The van der Waals surface area contributed by atoms with E-state index in [1.165, 1.54) is 80.7 Å². The van der Waals surface area contributed by atoms with Crippen LogP contribution in [0.4, 0.5) is 0 Å². The molecule has 0 saturated heterocycles. The number of rotatable bonds is 7. The van der Waals surface area contributed by atoms with Crippen LogP contribution in [0.5, 0.6) is 0 Å². The SMILES string of the molecule is CCC(CC)C1=CC2(CC(C(CC)CC)=C1)c1cc3ccccc3c3c1-c1c4c(cc(C(C)C)cc4cc[n+]12)C3(C)C. The number of allylic oxidation sites excluding steroid dienone is 4. The smallest absolute Gasteiger partial charge is 0.184 e. The molecule has 1 aromatic heterocycles. The minimum absolute atomic E-state index is 0.101. The monoisotopic (exact) mass is 554 g/mol. The number of hydrogen-bond acceptors (Lipinski definition) is 0. The van der Waals surface area contributed by atoms with Crippen LogP contribution >= 0.6 is 0 Å². The molecular weight excluding hydrogens is 506 g/mol. The van der Waals surface area contributed by atoms with E-state index in [-0.39, 0.29) is 11.0 Å². The van der Waals surface area contributed by atoms with E-state index >= 15 is 0 Å². The molecule has 1 unspecified atom stereocenters. The summed E-state index contributed by atoms with van der Waals surface area (Å²) in [6, 6.07) is 19.2. The van der Waals surface area contributed by atoms with E-state index in [4.69, 9.17) is 0 Å². The maximum atomic E-state index is 2.73. The van der Waals surface area contributed by atoms with Gasteiger partial charge < -0.3 is 0 Å². The summed E-state index contributed by atoms with van der Waals surface area (Å²) in [7, 11) is 0. The van der Waals surface area contributed by atoms with E-state index in [1.54, 1.807) is 11.1 Å². The first-order chi connectivity index (χ1) is 20.2. The lowest BCUT2D eigenvalue weighted by Gasteiger charge is -2.34. The first-order valence-electron chi connectivity index (χ1n) is 16.7. The molecule has 0 N–H and O–H groups in total. The highest BCUT2D eigenvalue weighted by molar-refractivity contribution is 6.07. The van der Waals surface area contributed by atoms with Gasteiger partial charge in [-0.2, -0.15) is 4.57 Å². The Labute approximate surface area is 253 Å². The van der Waals surface area contributed by atoms with Gasteiger partial charge in [0.15, 0.2) is 6.20 Å². The molecule has 4 aromatic rings. The Bertz CT molecular complexity index is 1800. The molecule has 2 heterocycles. The molecule has 7 rings (SSSR count). The number of nitrogens with zero attached hydrogens (tertiary/aromatic N) is 1. The van der Waals surface area contributed by atoms with Crippen LogP contribution in [0.3, 0.4) is 0 Å². The Kier molecular flexibility index (Phi) is 6.36. The van der Waals surface area contributed by atoms with Crippen LogP contribution in [0.15, 0.2) is 78.0 Å². The molecule has 2 aliphatic carbocycles. The summed E-state index contributed by atoms with van der Waals surface area (Å²) < 4.78 is 2.73. The van der Waals surface area contributed by atoms with Gasteiger partial charge in [0.2, 0.25) is 11.2 Å². The van der Waals surface area contributed by atoms with Crippen molar-refractivity contribution in [2.24, 2.45) is 11.8 Å². The lowest BCUT2D eigenvalue weighted by Crippen LogP contribution is -2.55. The van der Waals surface area contributed by atoms with Crippen molar-refractivity contribution in [3.63, 3.8) is 0 Å². The van der Waals surface area contributed by atoms with E-state index in [9.17, 15) is 0 Å². The van der Waals surface area contributed by atoms with Crippen LogP contribution in [0.25, 0.3) is 32.8 Å². The lowest BCUT2D eigenvalue weighted by atomic mass is 9.65. The molecule has 1 heteroatoms. The largest absolute Gasteiger partial charge is 0.222 e. The summed E-state index contributed by atoms with van der Waals surface area (Å²) in [5.41, 5.74) is 11.9. The fraction of sp³-hybridized carbons (Fsp3) is 0.439. The van der Waals surface area contributed by atoms with Crippen molar-refractivity contribution in [1.82, 2.24) is 0 Å². The van der Waals surface area contributed by atoms with Crippen molar-refractivity contribution in [3.05, 3.63) is 100 Å². The summed E-state index contributed by atoms with van der Waals surface area (Å²) in [5.74, 6) is 1.71. The highest BCUT2D eigenvalue weighted by Crippen LogP contribution is 2.58. The maximum absolute atomic E-state index is 2.73. The third kappa shape index (κ3) is 3.58. The highest BCUT2D eigenvalue weighted by Gasteiger charge is 2.56. The van der Waals surface area contributed by atoms with E-state index in [0.717, 1.165) is 6.42 Å². The second-order valence-electron chi connectivity index (χ2n) is 14.2. The molecule has 0 radical (unpaired) electrons. The normalized spacial score (nSPS) is 20.0. The molecular formula is C41H48N+. The Hall–Kier alpha value is -3.19. The van der Waals surface area contributed by atoms with Crippen LogP contribution in [0, 0.1) is 11.8 Å². The molecule has 3 aliphatic rings. The van der Waals surface area contributed by atoms with Crippen LogP contribution in [0.2, 0.25) is 0 Å². The number of fused-ring (bicyclic) bond motifs is 4. The van der Waals surface area contributed by atoms with Gasteiger partial charge in [-0.05, 0) is 94.0 Å². The lowest BCUT2D eigenvalue weighted by molar-refractivity contribution is -0.726. The number of hydrogen-bond donors (Lipinski definition) is 0. The van der Waals surface area contributed by atoms with E-state index in [2.05, 4.69) is 127 Å². The van der Waals surface area contributed by atoms with Crippen molar-refractivity contribution in [3.8, 4) is 11.3 Å². The van der Waals surface area contributed by atoms with Gasteiger partial charge >= 0.3 is 0 Å². The fourth-order valence-electron chi connectivity index (χ4n) is 9.03. The summed E-state index contributed by atoms with van der Waals surface area (Å²) >= 11 is 0. The molecule has 0 saturated carbocycles. The van der Waals surface area contributed by atoms with Gasteiger partial charge in [-0.3, -0.25) is 0 Å². The van der Waals surface area contributed by atoms with Gasteiger partial charge in [-0.15, -0.1) is 0 Å². The van der Waals surface area contributed by atoms with E-state index in [1.807, 2.05) is 0 Å². The molecule has 1 nitrogen and oxygen atoms in total. The Morgan fingerprint density at radius 2 is 1.52 bits per heavy atom. The van der Waals surface area contributed by atoms with Gasteiger partial charge in [0, 0.05) is 23.5 Å². The summed E-state index contributed by atoms with van der Waals surface area (Å²) in [4.78, 5) is 0. The third-order valence-corrected chi connectivity index (χ3v) is 11.4. The zero-order chi connectivity index (χ0) is 29.6. The van der Waals surface area contributed by atoms with Gasteiger partial charge in [0.25, 0.3) is 0 Å². The molecule has 3 aromatic carbocycles. The van der Waals surface area contributed by atoms with Crippen molar-refractivity contribution in [2.45, 2.75) is 104 Å². The molecule has 0 amide bonds. The zero-order valence-corrected chi connectivity index (χ0v) is 27.1. The van der Waals surface area contributed by atoms with Crippen LogP contribution in [-0.4, -0.2) is 0 Å². The Morgan fingerprint density at radius 1 is 0.810 bits per heavy atom. The minimum Gasteiger partial charge on any atom is -0.184 e. The van der Waals surface area contributed by atoms with Gasteiger partial charge in [0.05, 0.1) is 10.9 Å². The molecule has 1 spiro atoms. The Balaban J connectivity index is 1.66. The van der Waals surface area contributed by atoms with Crippen LogP contribution < -0.4 is 4.57 Å². The number of aromatic nitrogens is 1. The standard InChI is InChI=1S/C41H48N/c1-9-26(10-2)31-20-32(27(11-3)12-4)24-41(23-31)35-21-28-15-13-14-16-33(28)38-37(35)39-36-29(17-18-42(39)41)19-30(25(5)6)22-34(36)40(38,7)8/h13-23,25-27H,9-12,24H2,1-8H3/q+1. The quantitative estimate of drug-likeness (QED) is 0.200. The van der Waals surface area contributed by atoms with Gasteiger partial charge in [-0.1, -0.05) is 103 Å². The van der Waals surface area contributed by atoms with Crippen molar-refractivity contribution >= 4 is 21.5 Å². The summed E-state index contributed by atoms with van der Waals surface area (Å²) in [6.45, 7) is 19.2. The summed E-state index contributed by atoms with van der Waals surface area (Å²) in [6.07, 6.45) is 13.6. The molecule has 216 valence electrons. The van der Waals surface area contributed by atoms with E-state index < -0.39 is 0 Å². The molecule has 0 bridgehead atoms. The molecule has 1 aliphatic heterocycles. The average Bonchev–Trinajstić information content (AvgIpc) is 3.24. The van der Waals surface area contributed by atoms with Crippen molar-refractivity contribution in [2.75, 3.05) is 0 Å². The van der Waals surface area contributed by atoms with Crippen molar-refractivity contribution < 1.29 is 4.57 Å². The average molecular weight is 555 g/mol. The molecule has 42 heavy (non-hydrogen) atoms.